The van der Waals surface area contributed by atoms with Crippen molar-refractivity contribution in [2.24, 2.45) is 5.73 Å². The summed E-state index contributed by atoms with van der Waals surface area (Å²) in [6.07, 6.45) is -3.53. The molecule has 1 aromatic rings. The Bertz CT molecular complexity index is 353. The van der Waals surface area contributed by atoms with Gasteiger partial charge in [0.25, 0.3) is 0 Å². The minimum absolute atomic E-state index is 0.288. The summed E-state index contributed by atoms with van der Waals surface area (Å²) in [5, 5.41) is 0. The normalized spacial score (nSPS) is 13.3. The molecule has 0 radical (unpaired) electrons. The molecule has 0 spiro atoms. The smallest absolute Gasteiger partial charge is 0.240 e. The molecule has 15 heavy (non-hydrogen) atoms. The highest BCUT2D eigenvalue weighted by Crippen LogP contribution is 2.23. The maximum absolute atomic E-state index is 13.0. The Labute approximate surface area is 82.7 Å². The first-order valence-electron chi connectivity index (χ1n) is 4.10. The van der Waals surface area contributed by atoms with Crippen molar-refractivity contribution < 1.29 is 22.0 Å². The van der Waals surface area contributed by atoms with Crippen molar-refractivity contribution in [3.05, 3.63) is 35.1 Å². The van der Waals surface area contributed by atoms with Crippen molar-refractivity contribution >= 4 is 0 Å². The van der Waals surface area contributed by atoms with E-state index in [2.05, 4.69) is 0 Å². The summed E-state index contributed by atoms with van der Waals surface area (Å²) in [7, 11) is 0. The van der Waals surface area contributed by atoms with E-state index in [1.165, 1.54) is 0 Å². The first kappa shape index (κ1) is 11.9. The average Bonchev–Trinajstić information content (AvgIpc) is 2.09. The Morgan fingerprint density at radius 1 is 1.00 bits per heavy atom. The van der Waals surface area contributed by atoms with Crippen LogP contribution in [-0.2, 0) is 0 Å². The molecule has 0 amide bonds. The van der Waals surface area contributed by atoms with Crippen molar-refractivity contribution in [3.63, 3.8) is 0 Å². The highest BCUT2D eigenvalue weighted by Gasteiger charge is 2.18. The Morgan fingerprint density at radius 3 is 2.07 bits per heavy atom. The molecule has 0 aliphatic carbocycles. The van der Waals surface area contributed by atoms with E-state index in [9.17, 15) is 22.0 Å². The summed E-state index contributed by atoms with van der Waals surface area (Å²) in [6, 6.07) is -0.562. The molecule has 1 aromatic carbocycles. The molecule has 0 aliphatic rings. The van der Waals surface area contributed by atoms with Crippen molar-refractivity contribution in [2.75, 3.05) is 0 Å². The predicted octanol–water partition coefficient (Wildman–Crippen LogP) is 2.76. The number of halogens is 5. The van der Waals surface area contributed by atoms with E-state index in [0.717, 1.165) is 0 Å². The summed E-state index contributed by atoms with van der Waals surface area (Å²) in [5.74, 6) is -3.81. The number of alkyl halides is 2. The van der Waals surface area contributed by atoms with Crippen LogP contribution in [0.1, 0.15) is 18.0 Å². The molecular formula is C9H8F5N. The van der Waals surface area contributed by atoms with Gasteiger partial charge in [-0.3, -0.25) is 0 Å². The molecule has 0 aliphatic heterocycles. The summed E-state index contributed by atoms with van der Waals surface area (Å²) < 4.78 is 62.0. The third-order valence-electron chi connectivity index (χ3n) is 1.87. The quantitative estimate of drug-likeness (QED) is 0.621. The highest BCUT2D eigenvalue weighted by molar-refractivity contribution is 5.23. The van der Waals surface area contributed by atoms with Gasteiger partial charge < -0.3 is 5.73 Å². The van der Waals surface area contributed by atoms with E-state index in [1.54, 1.807) is 0 Å². The van der Waals surface area contributed by atoms with Crippen molar-refractivity contribution in [2.45, 2.75) is 18.9 Å². The van der Waals surface area contributed by atoms with E-state index in [4.69, 9.17) is 5.73 Å². The van der Waals surface area contributed by atoms with E-state index in [0.29, 0.717) is 6.07 Å². The molecule has 0 saturated carbocycles. The molecule has 84 valence electrons. The standard InChI is InChI=1S/C9H8F5N/c10-5-2-7(12)6(11)1-4(5)8(15)3-9(13)14/h1-2,8-9H,3,15H2/t8-/m0/s1. The van der Waals surface area contributed by atoms with Crippen LogP contribution in [0.5, 0.6) is 0 Å². The van der Waals surface area contributed by atoms with Crippen molar-refractivity contribution in [3.8, 4) is 0 Å². The summed E-state index contributed by atoms with van der Waals surface area (Å²) in [6.45, 7) is 0. The van der Waals surface area contributed by atoms with Crippen LogP contribution in [0.4, 0.5) is 22.0 Å². The molecule has 1 nitrogen and oxygen atoms in total. The maximum atomic E-state index is 13.0. The van der Waals surface area contributed by atoms with Crippen LogP contribution < -0.4 is 5.73 Å². The van der Waals surface area contributed by atoms with Crippen molar-refractivity contribution in [1.29, 1.82) is 0 Å². The number of nitrogens with two attached hydrogens (primary N) is 1. The third kappa shape index (κ3) is 2.89. The predicted molar refractivity (Wildman–Crippen MR) is 43.9 cm³/mol. The first-order valence-corrected chi connectivity index (χ1v) is 4.10. The molecule has 0 aromatic heterocycles. The molecule has 1 atom stereocenters. The lowest BCUT2D eigenvalue weighted by atomic mass is 10.0. The van der Waals surface area contributed by atoms with Crippen molar-refractivity contribution in [1.82, 2.24) is 0 Å². The van der Waals surface area contributed by atoms with E-state index >= 15 is 0 Å². The van der Waals surface area contributed by atoms with Crippen LogP contribution in [0, 0.1) is 17.5 Å². The van der Waals surface area contributed by atoms with Crippen LogP contribution in [0.15, 0.2) is 12.1 Å². The van der Waals surface area contributed by atoms with Crippen LogP contribution in [0.25, 0.3) is 0 Å². The van der Waals surface area contributed by atoms with Gasteiger partial charge >= 0.3 is 0 Å². The fraction of sp³-hybridized carbons (Fsp3) is 0.333. The van der Waals surface area contributed by atoms with Gasteiger partial charge in [-0.2, -0.15) is 0 Å². The second-order valence-electron chi connectivity index (χ2n) is 3.02. The number of hydrogen-bond donors (Lipinski definition) is 1. The minimum Gasteiger partial charge on any atom is -0.324 e. The second-order valence-corrected chi connectivity index (χ2v) is 3.02. The Hall–Kier alpha value is -1.17. The van der Waals surface area contributed by atoms with Gasteiger partial charge in [0.15, 0.2) is 11.6 Å². The third-order valence-corrected chi connectivity index (χ3v) is 1.87. The molecule has 0 heterocycles. The Balaban J connectivity index is 2.98. The summed E-state index contributed by atoms with van der Waals surface area (Å²) in [5.41, 5.74) is 4.76. The lowest BCUT2D eigenvalue weighted by molar-refractivity contribution is 0.128. The lowest BCUT2D eigenvalue weighted by Gasteiger charge is -2.12. The zero-order chi connectivity index (χ0) is 11.6. The molecule has 0 unspecified atom stereocenters. The molecule has 2 N–H and O–H groups in total. The fourth-order valence-corrected chi connectivity index (χ4v) is 1.14. The van der Waals surface area contributed by atoms with Gasteiger partial charge in [0, 0.05) is 24.1 Å². The number of hydrogen-bond acceptors (Lipinski definition) is 1. The fourth-order valence-electron chi connectivity index (χ4n) is 1.14. The monoisotopic (exact) mass is 225 g/mol. The van der Waals surface area contributed by atoms with Gasteiger partial charge in [-0.1, -0.05) is 0 Å². The maximum Gasteiger partial charge on any atom is 0.240 e. The first-order chi connectivity index (χ1) is 6.91. The molecule has 1 rings (SSSR count). The van der Waals surface area contributed by atoms with Crippen LogP contribution in [0.2, 0.25) is 0 Å². The van der Waals surface area contributed by atoms with Gasteiger partial charge in [0.2, 0.25) is 6.43 Å². The highest BCUT2D eigenvalue weighted by atomic mass is 19.3. The minimum atomic E-state index is -2.73. The van der Waals surface area contributed by atoms with Gasteiger partial charge in [-0.25, -0.2) is 22.0 Å². The van der Waals surface area contributed by atoms with Gasteiger partial charge in [-0.05, 0) is 6.07 Å². The van der Waals surface area contributed by atoms with Crippen LogP contribution in [-0.4, -0.2) is 6.43 Å². The molecule has 0 fully saturated rings. The van der Waals surface area contributed by atoms with E-state index in [-0.39, 0.29) is 6.07 Å². The topological polar surface area (TPSA) is 26.0 Å². The molecule has 6 heteroatoms. The van der Waals surface area contributed by atoms with Gasteiger partial charge in [-0.15, -0.1) is 0 Å². The second kappa shape index (κ2) is 4.57. The Morgan fingerprint density at radius 2 is 1.53 bits per heavy atom. The van der Waals surface area contributed by atoms with Gasteiger partial charge in [0.1, 0.15) is 5.82 Å². The van der Waals surface area contributed by atoms with E-state index in [1.807, 2.05) is 0 Å². The molecule has 0 bridgehead atoms. The zero-order valence-corrected chi connectivity index (χ0v) is 7.48. The number of benzene rings is 1. The largest absolute Gasteiger partial charge is 0.324 e. The van der Waals surface area contributed by atoms with Gasteiger partial charge in [0.05, 0.1) is 0 Å². The van der Waals surface area contributed by atoms with Crippen LogP contribution in [0.3, 0.4) is 0 Å². The molecular weight excluding hydrogens is 217 g/mol. The van der Waals surface area contributed by atoms with E-state index < -0.39 is 41.9 Å². The SMILES string of the molecule is N[C@@H](CC(F)F)c1cc(F)c(F)cc1F. The Kier molecular flexibility index (Phi) is 3.62. The average molecular weight is 225 g/mol. The lowest BCUT2D eigenvalue weighted by Crippen LogP contribution is -2.16. The van der Waals surface area contributed by atoms with Crippen LogP contribution >= 0.6 is 0 Å². The summed E-state index contributed by atoms with van der Waals surface area (Å²) in [4.78, 5) is 0. The molecule has 0 saturated heterocycles. The summed E-state index contributed by atoms with van der Waals surface area (Å²) >= 11 is 0. The zero-order valence-electron chi connectivity index (χ0n) is 7.48. The number of rotatable bonds is 3.